The highest BCUT2D eigenvalue weighted by atomic mass is 32.2. The SMILES string of the molecule is C=CCn1c(SCC(=O)O)nc2ccc(OC)nc21. The van der Waals surface area contributed by atoms with Crippen molar-refractivity contribution in [3.63, 3.8) is 0 Å². The molecule has 1 N–H and O–H groups in total. The number of carbonyl (C=O) groups is 1. The van der Waals surface area contributed by atoms with Crippen LogP contribution in [0.5, 0.6) is 5.88 Å². The smallest absolute Gasteiger partial charge is 0.313 e. The van der Waals surface area contributed by atoms with Gasteiger partial charge >= 0.3 is 5.97 Å². The minimum atomic E-state index is -0.882. The molecule has 0 bridgehead atoms. The predicted octanol–water partition coefficient (Wildman–Crippen LogP) is 1.80. The van der Waals surface area contributed by atoms with Crippen LogP contribution in [0.2, 0.25) is 0 Å². The summed E-state index contributed by atoms with van der Waals surface area (Å²) in [6, 6.07) is 3.52. The Morgan fingerprint density at radius 2 is 2.37 bits per heavy atom. The fourth-order valence-electron chi connectivity index (χ4n) is 1.61. The predicted molar refractivity (Wildman–Crippen MR) is 72.6 cm³/mol. The molecule has 19 heavy (non-hydrogen) atoms. The maximum atomic E-state index is 10.6. The molecule has 0 aliphatic rings. The summed E-state index contributed by atoms with van der Waals surface area (Å²) in [6.45, 7) is 4.20. The van der Waals surface area contributed by atoms with E-state index in [2.05, 4.69) is 16.5 Å². The molecule has 0 atom stereocenters. The number of nitrogens with zero attached hydrogens (tertiary/aromatic N) is 3. The molecule has 0 aromatic carbocycles. The second-order valence-electron chi connectivity index (χ2n) is 3.67. The molecule has 6 nitrogen and oxygen atoms in total. The van der Waals surface area contributed by atoms with Gasteiger partial charge in [0.1, 0.15) is 5.52 Å². The monoisotopic (exact) mass is 279 g/mol. The molecule has 2 aromatic rings. The maximum Gasteiger partial charge on any atom is 0.313 e. The summed E-state index contributed by atoms with van der Waals surface area (Å²) in [6.07, 6.45) is 1.72. The van der Waals surface area contributed by atoms with Crippen LogP contribution in [0.4, 0.5) is 0 Å². The second kappa shape index (κ2) is 5.75. The molecule has 0 aliphatic heterocycles. The van der Waals surface area contributed by atoms with E-state index >= 15 is 0 Å². The van der Waals surface area contributed by atoms with E-state index in [1.807, 2.05) is 4.57 Å². The third kappa shape index (κ3) is 2.87. The molecule has 0 saturated heterocycles. The van der Waals surface area contributed by atoms with Crippen LogP contribution in [0.1, 0.15) is 0 Å². The Morgan fingerprint density at radius 3 is 3.00 bits per heavy atom. The van der Waals surface area contributed by atoms with Crippen molar-refractivity contribution in [2.24, 2.45) is 0 Å². The van der Waals surface area contributed by atoms with Gasteiger partial charge in [0, 0.05) is 12.6 Å². The fourth-order valence-corrected chi connectivity index (χ4v) is 2.34. The molecular weight excluding hydrogens is 266 g/mol. The van der Waals surface area contributed by atoms with Gasteiger partial charge in [-0.25, -0.2) is 4.98 Å². The van der Waals surface area contributed by atoms with Gasteiger partial charge in [-0.1, -0.05) is 17.8 Å². The third-order valence-electron chi connectivity index (χ3n) is 2.38. The molecule has 0 amide bonds. The molecule has 0 radical (unpaired) electrons. The van der Waals surface area contributed by atoms with Crippen LogP contribution in [-0.4, -0.2) is 38.5 Å². The van der Waals surface area contributed by atoms with Gasteiger partial charge in [-0.3, -0.25) is 9.36 Å². The first-order chi connectivity index (χ1) is 9.15. The molecular formula is C12H13N3O3S. The molecule has 0 spiro atoms. The number of aliphatic carboxylic acids is 1. The lowest BCUT2D eigenvalue weighted by molar-refractivity contribution is -0.133. The minimum absolute atomic E-state index is 0.0440. The van der Waals surface area contributed by atoms with Crippen molar-refractivity contribution in [3.05, 3.63) is 24.8 Å². The normalized spacial score (nSPS) is 10.6. The van der Waals surface area contributed by atoms with Gasteiger partial charge in [0.15, 0.2) is 10.8 Å². The number of carboxylic acids is 1. The van der Waals surface area contributed by atoms with Crippen LogP contribution in [0.3, 0.4) is 0 Å². The van der Waals surface area contributed by atoms with Gasteiger partial charge in [0.05, 0.1) is 12.9 Å². The number of pyridine rings is 1. The Labute approximate surface area is 114 Å². The first-order valence-electron chi connectivity index (χ1n) is 5.52. The van der Waals surface area contributed by atoms with E-state index in [-0.39, 0.29) is 5.75 Å². The third-order valence-corrected chi connectivity index (χ3v) is 3.34. The first-order valence-corrected chi connectivity index (χ1v) is 6.51. The number of thioether (sulfide) groups is 1. The average Bonchev–Trinajstić information content (AvgIpc) is 2.74. The Balaban J connectivity index is 2.47. The zero-order valence-corrected chi connectivity index (χ0v) is 11.2. The molecule has 0 aliphatic carbocycles. The number of ether oxygens (including phenoxy) is 1. The number of imidazole rings is 1. The number of carboxylic acid groups (broad SMARTS) is 1. The summed E-state index contributed by atoms with van der Waals surface area (Å²) in [5.41, 5.74) is 1.36. The molecule has 7 heteroatoms. The van der Waals surface area contributed by atoms with Gasteiger partial charge in [0.25, 0.3) is 0 Å². The zero-order valence-electron chi connectivity index (χ0n) is 10.4. The summed E-state index contributed by atoms with van der Waals surface area (Å²) in [7, 11) is 1.54. The van der Waals surface area contributed by atoms with Gasteiger partial charge in [0.2, 0.25) is 5.88 Å². The molecule has 2 heterocycles. The van der Waals surface area contributed by atoms with E-state index in [1.165, 1.54) is 0 Å². The topological polar surface area (TPSA) is 77.2 Å². The highest BCUT2D eigenvalue weighted by Crippen LogP contribution is 2.24. The lowest BCUT2D eigenvalue weighted by Gasteiger charge is -2.04. The van der Waals surface area contributed by atoms with Gasteiger partial charge in [-0.2, -0.15) is 4.98 Å². The fraction of sp³-hybridized carbons (Fsp3) is 0.250. The van der Waals surface area contributed by atoms with E-state index in [9.17, 15) is 4.79 Å². The van der Waals surface area contributed by atoms with Crippen molar-refractivity contribution in [1.82, 2.24) is 14.5 Å². The lowest BCUT2D eigenvalue weighted by Crippen LogP contribution is -2.03. The Morgan fingerprint density at radius 1 is 1.58 bits per heavy atom. The number of methoxy groups -OCH3 is 1. The highest BCUT2D eigenvalue weighted by Gasteiger charge is 2.13. The van der Waals surface area contributed by atoms with Crippen molar-refractivity contribution in [2.45, 2.75) is 11.7 Å². The van der Waals surface area contributed by atoms with Gasteiger partial charge < -0.3 is 9.84 Å². The van der Waals surface area contributed by atoms with Crippen LogP contribution >= 0.6 is 11.8 Å². The molecule has 100 valence electrons. The largest absolute Gasteiger partial charge is 0.481 e. The van der Waals surface area contributed by atoms with Gasteiger partial charge in [-0.05, 0) is 6.07 Å². The van der Waals surface area contributed by atoms with Gasteiger partial charge in [-0.15, -0.1) is 6.58 Å². The maximum absolute atomic E-state index is 10.6. The number of hydrogen-bond donors (Lipinski definition) is 1. The Kier molecular flexibility index (Phi) is 4.06. The second-order valence-corrected chi connectivity index (χ2v) is 4.61. The van der Waals surface area contributed by atoms with Crippen molar-refractivity contribution in [2.75, 3.05) is 12.9 Å². The van der Waals surface area contributed by atoms with E-state index < -0.39 is 5.97 Å². The average molecular weight is 279 g/mol. The molecule has 0 fully saturated rings. The van der Waals surface area contributed by atoms with Crippen LogP contribution in [-0.2, 0) is 11.3 Å². The number of aromatic nitrogens is 3. The van der Waals surface area contributed by atoms with Crippen LogP contribution in [0.25, 0.3) is 11.2 Å². The number of allylic oxidation sites excluding steroid dienone is 1. The summed E-state index contributed by atoms with van der Waals surface area (Å²) in [5, 5.41) is 9.35. The summed E-state index contributed by atoms with van der Waals surface area (Å²) in [5.74, 6) is -0.433. The van der Waals surface area contributed by atoms with E-state index in [0.717, 1.165) is 11.8 Å². The molecule has 0 unspecified atom stereocenters. The Hall–Kier alpha value is -2.02. The summed E-state index contributed by atoms with van der Waals surface area (Å²) >= 11 is 1.16. The number of hydrogen-bond acceptors (Lipinski definition) is 5. The van der Waals surface area contributed by atoms with E-state index in [1.54, 1.807) is 25.3 Å². The van der Waals surface area contributed by atoms with Crippen LogP contribution in [0.15, 0.2) is 29.9 Å². The van der Waals surface area contributed by atoms with Crippen molar-refractivity contribution >= 4 is 28.9 Å². The van der Waals surface area contributed by atoms with Crippen molar-refractivity contribution in [3.8, 4) is 5.88 Å². The standard InChI is InChI=1S/C12H13N3O3S/c1-3-6-15-11-8(4-5-9(14-11)18-2)13-12(15)19-7-10(16)17/h3-5H,1,6-7H2,2H3,(H,16,17). The highest BCUT2D eigenvalue weighted by molar-refractivity contribution is 7.99. The summed E-state index contributed by atoms with van der Waals surface area (Å²) < 4.78 is 6.90. The first kappa shape index (κ1) is 13.4. The zero-order chi connectivity index (χ0) is 13.8. The number of fused-ring (bicyclic) bond motifs is 1. The van der Waals surface area contributed by atoms with Crippen LogP contribution in [0, 0.1) is 0 Å². The summed E-state index contributed by atoms with van der Waals surface area (Å²) in [4.78, 5) is 19.3. The van der Waals surface area contributed by atoms with Crippen LogP contribution < -0.4 is 4.74 Å². The lowest BCUT2D eigenvalue weighted by atomic mass is 10.4. The Bertz CT molecular complexity index is 624. The molecule has 2 aromatic heterocycles. The van der Waals surface area contributed by atoms with Crippen molar-refractivity contribution in [1.29, 1.82) is 0 Å². The minimum Gasteiger partial charge on any atom is -0.481 e. The van der Waals surface area contributed by atoms with E-state index in [0.29, 0.717) is 28.7 Å². The van der Waals surface area contributed by atoms with E-state index in [4.69, 9.17) is 9.84 Å². The molecule has 0 saturated carbocycles. The number of rotatable bonds is 6. The molecule has 2 rings (SSSR count). The van der Waals surface area contributed by atoms with Crippen molar-refractivity contribution < 1.29 is 14.6 Å². The quantitative estimate of drug-likeness (QED) is 0.642.